The molecular weight excluding hydrogens is 212 g/mol. The lowest BCUT2D eigenvalue weighted by Crippen LogP contribution is -2.21. The van der Waals surface area contributed by atoms with Crippen molar-refractivity contribution >= 4 is 0 Å². The highest BCUT2D eigenvalue weighted by molar-refractivity contribution is 5.24. The van der Waals surface area contributed by atoms with Crippen LogP contribution in [0.1, 0.15) is 16.7 Å². The molecule has 2 N–H and O–H groups in total. The molecule has 0 atom stereocenters. The molecule has 0 amide bonds. The molecule has 1 heterocycles. The van der Waals surface area contributed by atoms with Crippen LogP contribution in [0.25, 0.3) is 0 Å². The number of benzene rings is 1. The van der Waals surface area contributed by atoms with Gasteiger partial charge in [-0.1, -0.05) is 30.3 Å². The van der Waals surface area contributed by atoms with Crippen molar-refractivity contribution in [3.8, 4) is 0 Å². The number of hydrogen-bond acceptors (Lipinski definition) is 2. The minimum absolute atomic E-state index is 0.0608. The molecule has 2 rings (SSSR count). The first kappa shape index (κ1) is 11.6. The second-order valence-corrected chi connectivity index (χ2v) is 4.15. The highest BCUT2D eigenvalue weighted by atomic mass is 16.1. The van der Waals surface area contributed by atoms with Gasteiger partial charge < -0.3 is 10.3 Å². The van der Waals surface area contributed by atoms with Crippen molar-refractivity contribution in [3.63, 3.8) is 0 Å². The predicted octanol–water partition coefficient (Wildman–Crippen LogP) is 1.66. The van der Waals surface area contributed by atoms with E-state index >= 15 is 0 Å². The molecule has 0 fully saturated rings. The number of aromatic nitrogens is 1. The lowest BCUT2D eigenvalue weighted by Gasteiger charge is -2.07. The first-order chi connectivity index (χ1) is 8.20. The van der Waals surface area contributed by atoms with Crippen LogP contribution in [0, 0.1) is 6.92 Å². The first-order valence-corrected chi connectivity index (χ1v) is 5.64. The number of nitrogens with two attached hydrogens (primary N) is 1. The zero-order chi connectivity index (χ0) is 12.3. The van der Waals surface area contributed by atoms with Gasteiger partial charge in [0.25, 0.3) is 5.56 Å². The molecule has 0 aliphatic heterocycles. The van der Waals surface area contributed by atoms with Gasteiger partial charge in [-0.25, -0.2) is 0 Å². The summed E-state index contributed by atoms with van der Waals surface area (Å²) in [6.07, 6.45) is 1.81. The Hall–Kier alpha value is -1.87. The monoisotopic (exact) mass is 228 g/mol. The Morgan fingerprint density at radius 3 is 2.71 bits per heavy atom. The summed E-state index contributed by atoms with van der Waals surface area (Å²) in [5.74, 6) is 0. The Bertz CT molecular complexity index is 572. The molecule has 3 heteroatoms. The van der Waals surface area contributed by atoms with Gasteiger partial charge in [-0.3, -0.25) is 4.79 Å². The molecule has 2 aromatic rings. The minimum Gasteiger partial charge on any atom is -0.326 e. The molecule has 0 aliphatic carbocycles. The van der Waals surface area contributed by atoms with E-state index in [9.17, 15) is 4.79 Å². The molecule has 0 spiro atoms. The summed E-state index contributed by atoms with van der Waals surface area (Å²) in [5, 5.41) is 0. The number of rotatable bonds is 3. The fourth-order valence-electron chi connectivity index (χ4n) is 1.83. The van der Waals surface area contributed by atoms with Crippen molar-refractivity contribution < 1.29 is 0 Å². The van der Waals surface area contributed by atoms with Gasteiger partial charge in [0.1, 0.15) is 0 Å². The third-order valence-corrected chi connectivity index (χ3v) is 2.79. The van der Waals surface area contributed by atoms with Gasteiger partial charge in [0, 0.05) is 18.3 Å². The number of aryl methyl sites for hydroxylation is 1. The van der Waals surface area contributed by atoms with Gasteiger partial charge in [0.15, 0.2) is 0 Å². The van der Waals surface area contributed by atoms with Gasteiger partial charge in [-0.15, -0.1) is 0 Å². The Morgan fingerprint density at radius 1 is 1.18 bits per heavy atom. The van der Waals surface area contributed by atoms with Crippen LogP contribution in [-0.2, 0) is 13.1 Å². The van der Waals surface area contributed by atoms with E-state index in [1.165, 1.54) is 0 Å². The van der Waals surface area contributed by atoms with E-state index in [1.807, 2.05) is 49.5 Å². The average molecular weight is 228 g/mol. The lowest BCUT2D eigenvalue weighted by molar-refractivity contribution is 0.751. The van der Waals surface area contributed by atoms with Gasteiger partial charge in [-0.2, -0.15) is 0 Å². The summed E-state index contributed by atoms with van der Waals surface area (Å²) in [6.45, 7) is 2.94. The topological polar surface area (TPSA) is 48.0 Å². The van der Waals surface area contributed by atoms with Crippen LogP contribution in [-0.4, -0.2) is 4.57 Å². The van der Waals surface area contributed by atoms with Crippen molar-refractivity contribution in [2.45, 2.75) is 20.0 Å². The Balaban J connectivity index is 2.31. The summed E-state index contributed by atoms with van der Waals surface area (Å²) in [6, 6.07) is 11.7. The molecule has 3 nitrogen and oxygen atoms in total. The van der Waals surface area contributed by atoms with Gasteiger partial charge in [0.05, 0.1) is 6.54 Å². The SMILES string of the molecule is Cc1cccn(Cc2cccc(CN)c2)c1=O. The Kier molecular flexibility index (Phi) is 3.40. The quantitative estimate of drug-likeness (QED) is 0.868. The van der Waals surface area contributed by atoms with Crippen LogP contribution in [0.15, 0.2) is 47.4 Å². The number of nitrogens with zero attached hydrogens (tertiary/aromatic N) is 1. The van der Waals surface area contributed by atoms with E-state index in [2.05, 4.69) is 0 Å². The second-order valence-electron chi connectivity index (χ2n) is 4.15. The molecule has 0 saturated heterocycles. The zero-order valence-electron chi connectivity index (χ0n) is 9.89. The van der Waals surface area contributed by atoms with E-state index in [0.717, 1.165) is 16.7 Å². The highest BCUT2D eigenvalue weighted by Crippen LogP contribution is 2.06. The fraction of sp³-hybridized carbons (Fsp3) is 0.214. The Morgan fingerprint density at radius 2 is 1.94 bits per heavy atom. The molecule has 1 aromatic heterocycles. The van der Waals surface area contributed by atoms with Gasteiger partial charge >= 0.3 is 0 Å². The summed E-state index contributed by atoms with van der Waals surface area (Å²) in [4.78, 5) is 11.9. The third-order valence-electron chi connectivity index (χ3n) is 2.79. The molecule has 0 aliphatic rings. The van der Waals surface area contributed by atoms with Crippen LogP contribution >= 0.6 is 0 Å². The normalized spacial score (nSPS) is 10.5. The van der Waals surface area contributed by atoms with E-state index < -0.39 is 0 Å². The molecule has 88 valence electrons. The molecule has 0 saturated carbocycles. The summed E-state index contributed by atoms with van der Waals surface area (Å²) >= 11 is 0. The molecule has 0 unspecified atom stereocenters. The summed E-state index contributed by atoms with van der Waals surface area (Å²) in [7, 11) is 0. The first-order valence-electron chi connectivity index (χ1n) is 5.64. The minimum atomic E-state index is 0.0608. The smallest absolute Gasteiger partial charge is 0.253 e. The number of pyridine rings is 1. The fourth-order valence-corrected chi connectivity index (χ4v) is 1.83. The van der Waals surface area contributed by atoms with Crippen LogP contribution in [0.4, 0.5) is 0 Å². The summed E-state index contributed by atoms with van der Waals surface area (Å²) in [5.41, 5.74) is 8.61. The predicted molar refractivity (Wildman–Crippen MR) is 68.9 cm³/mol. The zero-order valence-corrected chi connectivity index (χ0v) is 9.89. The average Bonchev–Trinajstić information content (AvgIpc) is 2.35. The van der Waals surface area contributed by atoms with Gasteiger partial charge in [-0.05, 0) is 24.1 Å². The molecule has 0 radical (unpaired) electrons. The van der Waals surface area contributed by atoms with Crippen molar-refractivity contribution in [1.29, 1.82) is 0 Å². The Labute approximate surface area is 101 Å². The maximum Gasteiger partial charge on any atom is 0.253 e. The highest BCUT2D eigenvalue weighted by Gasteiger charge is 2.00. The van der Waals surface area contributed by atoms with Crippen molar-refractivity contribution in [3.05, 3.63) is 69.6 Å². The van der Waals surface area contributed by atoms with Crippen LogP contribution in [0.3, 0.4) is 0 Å². The van der Waals surface area contributed by atoms with E-state index in [4.69, 9.17) is 5.73 Å². The van der Waals surface area contributed by atoms with Crippen molar-refractivity contribution in [2.75, 3.05) is 0 Å². The second kappa shape index (κ2) is 4.97. The van der Waals surface area contributed by atoms with Crippen molar-refractivity contribution in [2.24, 2.45) is 5.73 Å². The molecule has 17 heavy (non-hydrogen) atoms. The van der Waals surface area contributed by atoms with Crippen LogP contribution in [0.2, 0.25) is 0 Å². The third kappa shape index (κ3) is 2.63. The van der Waals surface area contributed by atoms with Crippen LogP contribution in [0.5, 0.6) is 0 Å². The van der Waals surface area contributed by atoms with Gasteiger partial charge in [0.2, 0.25) is 0 Å². The molecule has 1 aromatic carbocycles. The lowest BCUT2D eigenvalue weighted by atomic mass is 10.1. The maximum atomic E-state index is 11.9. The van der Waals surface area contributed by atoms with Crippen molar-refractivity contribution in [1.82, 2.24) is 4.57 Å². The van der Waals surface area contributed by atoms with Crippen LogP contribution < -0.4 is 11.3 Å². The standard InChI is InChI=1S/C14H16N2O/c1-11-4-3-7-16(14(11)17)10-13-6-2-5-12(8-13)9-15/h2-8H,9-10,15H2,1H3. The largest absolute Gasteiger partial charge is 0.326 e. The molecule has 0 bridgehead atoms. The number of hydrogen-bond donors (Lipinski definition) is 1. The summed E-state index contributed by atoms with van der Waals surface area (Å²) < 4.78 is 1.71. The van der Waals surface area contributed by atoms with E-state index in [1.54, 1.807) is 4.57 Å². The maximum absolute atomic E-state index is 11.9. The molecular formula is C14H16N2O. The van der Waals surface area contributed by atoms with E-state index in [-0.39, 0.29) is 5.56 Å². The van der Waals surface area contributed by atoms with E-state index in [0.29, 0.717) is 13.1 Å².